The Morgan fingerprint density at radius 2 is 1.66 bits per heavy atom. The van der Waals surface area contributed by atoms with Crippen LogP contribution in [0.25, 0.3) is 10.8 Å². The highest BCUT2D eigenvalue weighted by Gasteiger charge is 2.54. The Balaban J connectivity index is 1.31. The largest absolute Gasteiger partial charge is 0.320 e. The monoisotopic (exact) mass is 444 g/mol. The van der Waals surface area contributed by atoms with Gasteiger partial charge in [-0.1, -0.05) is 42.5 Å². The molecule has 4 saturated carbocycles. The van der Waals surface area contributed by atoms with Crippen LogP contribution in [-0.2, 0) is 17.8 Å². The molecule has 0 spiro atoms. The predicted molar refractivity (Wildman–Crippen MR) is 131 cm³/mol. The van der Waals surface area contributed by atoms with Crippen LogP contribution in [0.15, 0.2) is 47.5 Å². The fourth-order valence-electron chi connectivity index (χ4n) is 7.27. The fraction of sp³-hybridized carbons (Fsp3) is 0.500. The van der Waals surface area contributed by atoms with Crippen molar-refractivity contribution in [3.8, 4) is 0 Å². The van der Waals surface area contributed by atoms with Crippen molar-refractivity contribution in [1.29, 1.82) is 0 Å². The van der Waals surface area contributed by atoms with E-state index < -0.39 is 0 Å². The molecular weight excluding hydrogens is 412 g/mol. The van der Waals surface area contributed by atoms with Gasteiger partial charge in [0, 0.05) is 17.1 Å². The van der Waals surface area contributed by atoms with Crippen LogP contribution >= 0.6 is 11.3 Å². The molecule has 2 aromatic carbocycles. The third-order valence-corrected chi connectivity index (χ3v) is 9.66. The van der Waals surface area contributed by atoms with Crippen molar-refractivity contribution in [1.82, 2.24) is 4.57 Å². The van der Waals surface area contributed by atoms with Crippen LogP contribution in [0, 0.1) is 37.0 Å². The summed E-state index contributed by atoms with van der Waals surface area (Å²) in [7, 11) is 0. The maximum absolute atomic E-state index is 13.6. The summed E-state index contributed by atoms with van der Waals surface area (Å²) in [6.07, 6.45) is 8.26. The number of aromatic nitrogens is 1. The summed E-state index contributed by atoms with van der Waals surface area (Å²) in [4.78, 5) is 20.6. The molecule has 32 heavy (non-hydrogen) atoms. The van der Waals surface area contributed by atoms with Gasteiger partial charge in [-0.2, -0.15) is 4.99 Å². The van der Waals surface area contributed by atoms with E-state index in [0.29, 0.717) is 0 Å². The standard InChI is InChI=1S/C28H32N2OS/c1-18-19(2)32-27(29-26(31)28-15-20-12-21(16-28)14-22(13-20)17-28)30(18)11-10-24-8-5-7-23-6-3-4-9-25(23)24/h3-9,20-22H,10-17H2,1-2H3/b29-27-. The molecule has 4 aliphatic rings. The number of nitrogens with zero attached hydrogens (tertiary/aromatic N) is 2. The zero-order valence-corrected chi connectivity index (χ0v) is 20.0. The lowest BCUT2D eigenvalue weighted by molar-refractivity contribution is -0.142. The maximum atomic E-state index is 13.6. The van der Waals surface area contributed by atoms with E-state index in [1.165, 1.54) is 46.2 Å². The molecule has 3 aromatic rings. The second-order valence-electron chi connectivity index (χ2n) is 10.7. The Morgan fingerprint density at radius 1 is 1.00 bits per heavy atom. The molecule has 1 heterocycles. The number of thiazole rings is 1. The fourth-order valence-corrected chi connectivity index (χ4v) is 8.27. The summed E-state index contributed by atoms with van der Waals surface area (Å²) < 4.78 is 2.29. The Bertz CT molecular complexity index is 1220. The van der Waals surface area contributed by atoms with Gasteiger partial charge in [-0.3, -0.25) is 4.79 Å². The number of hydrogen-bond acceptors (Lipinski definition) is 2. The van der Waals surface area contributed by atoms with Crippen molar-refractivity contribution in [2.75, 3.05) is 0 Å². The Kier molecular flexibility index (Phi) is 4.90. The first kappa shape index (κ1) is 20.4. The number of amides is 1. The highest BCUT2D eigenvalue weighted by molar-refractivity contribution is 7.09. The van der Waals surface area contributed by atoms with E-state index in [4.69, 9.17) is 4.99 Å². The highest BCUT2D eigenvalue weighted by Crippen LogP contribution is 2.60. The average molecular weight is 445 g/mol. The molecule has 0 N–H and O–H groups in total. The molecule has 4 aliphatic carbocycles. The van der Waals surface area contributed by atoms with Gasteiger partial charge in [-0.05, 0) is 92.9 Å². The topological polar surface area (TPSA) is 34.4 Å². The number of carbonyl (C=O) groups excluding carboxylic acids is 1. The first-order valence-corrected chi connectivity index (χ1v) is 13.0. The summed E-state index contributed by atoms with van der Waals surface area (Å²) in [6, 6.07) is 15.2. The summed E-state index contributed by atoms with van der Waals surface area (Å²) in [5.74, 6) is 2.49. The first-order chi connectivity index (χ1) is 15.5. The molecule has 1 aromatic heterocycles. The van der Waals surface area contributed by atoms with Crippen molar-refractivity contribution >= 4 is 28.0 Å². The van der Waals surface area contributed by atoms with Crippen LogP contribution in [0.5, 0.6) is 0 Å². The van der Waals surface area contributed by atoms with Gasteiger partial charge in [0.05, 0.1) is 5.41 Å². The SMILES string of the molecule is Cc1s/c(=N\C(=O)C23CC4CC(CC(C4)C2)C3)n(CCc2cccc3ccccc23)c1C. The maximum Gasteiger partial charge on any atom is 0.254 e. The smallest absolute Gasteiger partial charge is 0.254 e. The van der Waals surface area contributed by atoms with E-state index in [-0.39, 0.29) is 11.3 Å². The first-order valence-electron chi connectivity index (χ1n) is 12.2. The van der Waals surface area contributed by atoms with Gasteiger partial charge < -0.3 is 4.57 Å². The molecule has 166 valence electrons. The van der Waals surface area contributed by atoms with Gasteiger partial charge in [-0.15, -0.1) is 11.3 Å². The molecule has 0 aliphatic heterocycles. The molecule has 4 heteroatoms. The van der Waals surface area contributed by atoms with Crippen molar-refractivity contribution < 1.29 is 4.79 Å². The van der Waals surface area contributed by atoms with Gasteiger partial charge >= 0.3 is 0 Å². The lowest BCUT2D eigenvalue weighted by atomic mass is 9.49. The molecule has 0 unspecified atom stereocenters. The van der Waals surface area contributed by atoms with E-state index in [9.17, 15) is 4.79 Å². The Labute approximate surface area is 194 Å². The van der Waals surface area contributed by atoms with Crippen LogP contribution in [0.2, 0.25) is 0 Å². The highest BCUT2D eigenvalue weighted by atomic mass is 32.1. The third kappa shape index (κ3) is 3.39. The van der Waals surface area contributed by atoms with E-state index in [1.807, 2.05) is 0 Å². The number of hydrogen-bond donors (Lipinski definition) is 0. The van der Waals surface area contributed by atoms with E-state index in [0.717, 1.165) is 54.8 Å². The van der Waals surface area contributed by atoms with Gasteiger partial charge in [0.25, 0.3) is 5.91 Å². The Morgan fingerprint density at radius 3 is 2.38 bits per heavy atom. The predicted octanol–water partition coefficient (Wildman–Crippen LogP) is 6.21. The molecule has 7 rings (SSSR count). The van der Waals surface area contributed by atoms with Crippen LogP contribution in [0.3, 0.4) is 0 Å². The molecule has 0 radical (unpaired) electrons. The van der Waals surface area contributed by atoms with E-state index in [2.05, 4.69) is 60.9 Å². The second kappa shape index (κ2) is 7.69. The van der Waals surface area contributed by atoms with Crippen molar-refractivity contribution in [2.45, 2.75) is 65.3 Å². The summed E-state index contributed by atoms with van der Waals surface area (Å²) in [5.41, 5.74) is 2.44. The number of rotatable bonds is 4. The quantitative estimate of drug-likeness (QED) is 0.471. The van der Waals surface area contributed by atoms with Gasteiger partial charge in [0.1, 0.15) is 0 Å². The minimum absolute atomic E-state index is 0.159. The van der Waals surface area contributed by atoms with Crippen molar-refractivity contribution in [3.05, 3.63) is 63.4 Å². The van der Waals surface area contributed by atoms with Gasteiger partial charge in [0.15, 0.2) is 4.80 Å². The number of benzene rings is 2. The molecule has 1 amide bonds. The second-order valence-corrected chi connectivity index (χ2v) is 11.9. The average Bonchev–Trinajstić information content (AvgIpc) is 3.04. The molecule has 0 saturated heterocycles. The molecule has 3 nitrogen and oxygen atoms in total. The zero-order valence-electron chi connectivity index (χ0n) is 19.1. The zero-order chi connectivity index (χ0) is 21.9. The van der Waals surface area contributed by atoms with Gasteiger partial charge in [-0.25, -0.2) is 0 Å². The number of fused-ring (bicyclic) bond motifs is 1. The van der Waals surface area contributed by atoms with Crippen molar-refractivity contribution in [3.63, 3.8) is 0 Å². The summed E-state index contributed by atoms with van der Waals surface area (Å²) in [6.45, 7) is 5.18. The molecular formula is C28H32N2OS. The van der Waals surface area contributed by atoms with Crippen LogP contribution < -0.4 is 4.80 Å². The minimum Gasteiger partial charge on any atom is -0.320 e. The van der Waals surface area contributed by atoms with Crippen LogP contribution in [0.4, 0.5) is 0 Å². The van der Waals surface area contributed by atoms with E-state index in [1.54, 1.807) is 11.3 Å². The number of aryl methyl sites for hydroxylation is 2. The van der Waals surface area contributed by atoms with Gasteiger partial charge in [0.2, 0.25) is 0 Å². The molecule has 4 bridgehead atoms. The third-order valence-electron chi connectivity index (χ3n) is 8.56. The number of carbonyl (C=O) groups is 1. The lowest BCUT2D eigenvalue weighted by Gasteiger charge is -2.55. The summed E-state index contributed by atoms with van der Waals surface area (Å²) in [5, 5.41) is 2.61. The van der Waals surface area contributed by atoms with Crippen LogP contribution in [-0.4, -0.2) is 10.5 Å². The lowest BCUT2D eigenvalue weighted by Crippen LogP contribution is -2.50. The normalized spacial score (nSPS) is 29.2. The minimum atomic E-state index is -0.159. The van der Waals surface area contributed by atoms with Crippen molar-refractivity contribution in [2.24, 2.45) is 28.2 Å². The Hall–Kier alpha value is -2.20. The summed E-state index contributed by atoms with van der Waals surface area (Å²) >= 11 is 1.69. The van der Waals surface area contributed by atoms with Crippen LogP contribution in [0.1, 0.15) is 54.7 Å². The molecule has 4 fully saturated rings. The van der Waals surface area contributed by atoms with E-state index >= 15 is 0 Å². The molecule has 0 atom stereocenters.